The molecule has 0 atom stereocenters. The molecule has 2 aromatic carbocycles. The van der Waals surface area contributed by atoms with Crippen LogP contribution in [0.4, 0.5) is 5.69 Å². The Morgan fingerprint density at radius 1 is 1.12 bits per heavy atom. The van der Waals surface area contributed by atoms with Crippen LogP contribution in [0.25, 0.3) is 0 Å². The number of nitrogens with one attached hydrogen (secondary N) is 1. The van der Waals surface area contributed by atoms with Crippen LogP contribution < -0.4 is 11.1 Å². The van der Waals surface area contributed by atoms with Gasteiger partial charge in [-0.1, -0.05) is 35.3 Å². The molecule has 0 saturated heterocycles. The van der Waals surface area contributed by atoms with Crippen molar-refractivity contribution in [3.63, 3.8) is 0 Å². The van der Waals surface area contributed by atoms with E-state index >= 15 is 0 Å². The second-order valence-electron chi connectivity index (χ2n) is 5.00. The third-order valence-corrected chi connectivity index (χ3v) is 4.66. The summed E-state index contributed by atoms with van der Waals surface area (Å²) < 4.78 is 4.96. The molecule has 2 amide bonds. The molecule has 0 saturated carbocycles. The summed E-state index contributed by atoms with van der Waals surface area (Å²) in [7, 11) is 0. The van der Waals surface area contributed by atoms with Crippen molar-refractivity contribution >= 4 is 58.4 Å². The molecule has 3 N–H and O–H groups in total. The summed E-state index contributed by atoms with van der Waals surface area (Å²) >= 11 is 12.9. The number of thioether (sulfide) groups is 1. The van der Waals surface area contributed by atoms with Crippen LogP contribution in [0.15, 0.2) is 47.4 Å². The highest BCUT2D eigenvalue weighted by molar-refractivity contribution is 8.00. The molecule has 136 valence electrons. The average molecular weight is 413 g/mol. The van der Waals surface area contributed by atoms with Crippen molar-refractivity contribution in [2.45, 2.75) is 4.90 Å². The van der Waals surface area contributed by atoms with Crippen molar-refractivity contribution in [1.29, 1.82) is 0 Å². The minimum atomic E-state index is -0.738. The number of para-hydroxylation sites is 1. The molecule has 0 bridgehead atoms. The molecule has 0 aliphatic heterocycles. The molecule has 26 heavy (non-hydrogen) atoms. The summed E-state index contributed by atoms with van der Waals surface area (Å²) in [6.07, 6.45) is 0. The van der Waals surface area contributed by atoms with Gasteiger partial charge >= 0.3 is 5.97 Å². The quantitative estimate of drug-likeness (QED) is 0.536. The Kier molecular flexibility index (Phi) is 7.32. The zero-order valence-electron chi connectivity index (χ0n) is 13.3. The normalized spacial score (nSPS) is 10.2. The number of amides is 2. The molecular formula is C17H14Cl2N2O4S. The molecule has 0 aromatic heterocycles. The summed E-state index contributed by atoms with van der Waals surface area (Å²) in [5.74, 6) is -1.66. The highest BCUT2D eigenvalue weighted by Gasteiger charge is 2.15. The molecule has 0 unspecified atom stereocenters. The number of esters is 1. The maximum atomic E-state index is 12.0. The molecule has 0 aliphatic rings. The number of anilines is 1. The van der Waals surface area contributed by atoms with Gasteiger partial charge in [-0.25, -0.2) is 4.79 Å². The van der Waals surface area contributed by atoms with E-state index in [2.05, 4.69) is 5.32 Å². The molecule has 0 fully saturated rings. The standard InChI is InChI=1S/C17H14Cl2N2O4S/c18-10-5-6-11(12(19)7-10)17(24)25-8-16(23)21-13-3-1-2-4-14(13)26-9-15(20)22/h1-7H,8-9H2,(H2,20,22)(H,21,23). The predicted octanol–water partition coefficient (Wildman–Crippen LogP) is 3.37. The first-order valence-corrected chi connectivity index (χ1v) is 9.03. The smallest absolute Gasteiger partial charge is 0.340 e. The molecule has 6 nitrogen and oxygen atoms in total. The van der Waals surface area contributed by atoms with E-state index in [9.17, 15) is 14.4 Å². The average Bonchev–Trinajstić information content (AvgIpc) is 2.59. The fourth-order valence-corrected chi connectivity index (χ4v) is 3.13. The molecule has 0 aliphatic carbocycles. The van der Waals surface area contributed by atoms with Gasteiger partial charge in [0.2, 0.25) is 5.91 Å². The summed E-state index contributed by atoms with van der Waals surface area (Å²) in [5, 5.41) is 3.14. The predicted molar refractivity (Wildman–Crippen MR) is 102 cm³/mol. The number of ether oxygens (including phenoxy) is 1. The van der Waals surface area contributed by atoms with Crippen LogP contribution in [0.2, 0.25) is 10.0 Å². The van der Waals surface area contributed by atoms with E-state index in [-0.39, 0.29) is 16.3 Å². The van der Waals surface area contributed by atoms with Crippen LogP contribution in [0, 0.1) is 0 Å². The Morgan fingerprint density at radius 2 is 1.85 bits per heavy atom. The van der Waals surface area contributed by atoms with Gasteiger partial charge in [0.15, 0.2) is 6.61 Å². The Labute approximate surface area is 164 Å². The lowest BCUT2D eigenvalue weighted by atomic mass is 10.2. The van der Waals surface area contributed by atoms with Gasteiger partial charge in [0.25, 0.3) is 5.91 Å². The van der Waals surface area contributed by atoms with Gasteiger partial charge in [0.05, 0.1) is 22.0 Å². The maximum Gasteiger partial charge on any atom is 0.340 e. The van der Waals surface area contributed by atoms with Crippen LogP contribution in [0.3, 0.4) is 0 Å². The van der Waals surface area contributed by atoms with Gasteiger partial charge in [-0.05, 0) is 30.3 Å². The number of halogens is 2. The fourth-order valence-electron chi connectivity index (χ4n) is 1.89. The lowest BCUT2D eigenvalue weighted by molar-refractivity contribution is -0.119. The van der Waals surface area contributed by atoms with Gasteiger partial charge in [-0.2, -0.15) is 0 Å². The van der Waals surface area contributed by atoms with E-state index in [1.54, 1.807) is 24.3 Å². The number of rotatable bonds is 7. The van der Waals surface area contributed by atoms with Crippen molar-refractivity contribution < 1.29 is 19.1 Å². The Bertz CT molecular complexity index is 845. The minimum Gasteiger partial charge on any atom is -0.452 e. The number of hydrogen-bond donors (Lipinski definition) is 2. The van der Waals surface area contributed by atoms with E-state index in [1.807, 2.05) is 0 Å². The van der Waals surface area contributed by atoms with Gasteiger partial charge in [0, 0.05) is 9.92 Å². The van der Waals surface area contributed by atoms with E-state index in [0.29, 0.717) is 15.6 Å². The van der Waals surface area contributed by atoms with E-state index < -0.39 is 24.4 Å². The molecule has 0 radical (unpaired) electrons. The minimum absolute atomic E-state index is 0.0803. The first-order valence-electron chi connectivity index (χ1n) is 7.29. The number of carbonyl (C=O) groups is 3. The zero-order chi connectivity index (χ0) is 19.1. The number of primary amides is 1. The lowest BCUT2D eigenvalue weighted by Gasteiger charge is -2.11. The molecule has 9 heteroatoms. The maximum absolute atomic E-state index is 12.0. The second-order valence-corrected chi connectivity index (χ2v) is 6.86. The van der Waals surface area contributed by atoms with Crippen LogP contribution in [0.5, 0.6) is 0 Å². The second kappa shape index (κ2) is 9.47. The topological polar surface area (TPSA) is 98.5 Å². The fraction of sp³-hybridized carbons (Fsp3) is 0.118. The van der Waals surface area contributed by atoms with Crippen molar-refractivity contribution in [2.24, 2.45) is 5.73 Å². The Balaban J connectivity index is 1.95. The molecule has 2 aromatic rings. The first kappa shape index (κ1) is 20.1. The monoisotopic (exact) mass is 412 g/mol. The summed E-state index contributed by atoms with van der Waals surface area (Å²) in [4.78, 5) is 35.6. The number of nitrogens with two attached hydrogens (primary N) is 1. The van der Waals surface area contributed by atoms with Crippen molar-refractivity contribution in [1.82, 2.24) is 0 Å². The van der Waals surface area contributed by atoms with Crippen LogP contribution in [0.1, 0.15) is 10.4 Å². The van der Waals surface area contributed by atoms with Crippen molar-refractivity contribution in [3.05, 3.63) is 58.1 Å². The van der Waals surface area contributed by atoms with E-state index in [1.165, 1.54) is 30.0 Å². The van der Waals surface area contributed by atoms with Crippen LogP contribution in [-0.4, -0.2) is 30.1 Å². The van der Waals surface area contributed by atoms with Gasteiger partial charge in [-0.15, -0.1) is 11.8 Å². The third kappa shape index (κ3) is 5.94. The number of carbonyl (C=O) groups excluding carboxylic acids is 3. The van der Waals surface area contributed by atoms with Gasteiger partial charge in [0.1, 0.15) is 0 Å². The SMILES string of the molecule is NC(=O)CSc1ccccc1NC(=O)COC(=O)c1ccc(Cl)cc1Cl. The largest absolute Gasteiger partial charge is 0.452 e. The molecule has 2 rings (SSSR count). The van der Waals surface area contributed by atoms with Crippen molar-refractivity contribution in [3.8, 4) is 0 Å². The summed E-state index contributed by atoms with van der Waals surface area (Å²) in [6, 6.07) is 11.2. The van der Waals surface area contributed by atoms with Crippen LogP contribution >= 0.6 is 35.0 Å². The first-order chi connectivity index (χ1) is 12.4. The lowest BCUT2D eigenvalue weighted by Crippen LogP contribution is -2.21. The Hall–Kier alpha value is -2.22. The van der Waals surface area contributed by atoms with E-state index in [0.717, 1.165) is 0 Å². The van der Waals surface area contributed by atoms with Gasteiger partial charge < -0.3 is 15.8 Å². The van der Waals surface area contributed by atoms with Crippen molar-refractivity contribution in [2.75, 3.05) is 17.7 Å². The van der Waals surface area contributed by atoms with Crippen LogP contribution in [-0.2, 0) is 14.3 Å². The Morgan fingerprint density at radius 3 is 2.54 bits per heavy atom. The third-order valence-electron chi connectivity index (χ3n) is 3.02. The molecule has 0 spiro atoms. The zero-order valence-corrected chi connectivity index (χ0v) is 15.7. The van der Waals surface area contributed by atoms with Gasteiger partial charge in [-0.3, -0.25) is 9.59 Å². The highest BCUT2D eigenvalue weighted by Crippen LogP contribution is 2.26. The highest BCUT2D eigenvalue weighted by atomic mass is 35.5. The molecule has 0 heterocycles. The number of hydrogen-bond acceptors (Lipinski definition) is 5. The molecular weight excluding hydrogens is 399 g/mol. The summed E-state index contributed by atoms with van der Waals surface area (Å²) in [5.41, 5.74) is 5.73. The number of benzene rings is 2. The summed E-state index contributed by atoms with van der Waals surface area (Å²) in [6.45, 7) is -0.493. The van der Waals surface area contributed by atoms with E-state index in [4.69, 9.17) is 33.7 Å².